The van der Waals surface area contributed by atoms with Crippen LogP contribution in [-0.2, 0) is 0 Å². The van der Waals surface area contributed by atoms with Crippen LogP contribution in [0.15, 0.2) is 34.7 Å². The number of anilines is 1. The highest BCUT2D eigenvalue weighted by Crippen LogP contribution is 2.32. The van der Waals surface area contributed by atoms with Crippen molar-refractivity contribution in [2.75, 3.05) is 12.8 Å². The fourth-order valence-corrected chi connectivity index (χ4v) is 2.41. The summed E-state index contributed by atoms with van der Waals surface area (Å²) in [5.41, 5.74) is 9.67. The average Bonchev–Trinajstić information content (AvgIpc) is 2.82. The zero-order valence-corrected chi connectivity index (χ0v) is 11.9. The largest absolute Gasteiger partial charge is 0.495 e. The molecule has 0 aliphatic carbocycles. The highest BCUT2D eigenvalue weighted by atomic mass is 35.5. The van der Waals surface area contributed by atoms with Gasteiger partial charge in [0.25, 0.3) is 0 Å². The van der Waals surface area contributed by atoms with Gasteiger partial charge in [-0.1, -0.05) is 11.6 Å². The predicted octanol–water partition coefficient (Wildman–Crippen LogP) is 4.05. The van der Waals surface area contributed by atoms with Gasteiger partial charge >= 0.3 is 0 Å². The molecule has 0 radical (unpaired) electrons. The van der Waals surface area contributed by atoms with Gasteiger partial charge in [0.05, 0.1) is 12.8 Å². The van der Waals surface area contributed by atoms with Gasteiger partial charge in [0, 0.05) is 10.6 Å². The van der Waals surface area contributed by atoms with E-state index in [1.54, 1.807) is 25.3 Å². The molecule has 1 aromatic heterocycles. The smallest absolute Gasteiger partial charge is 0.227 e. The van der Waals surface area contributed by atoms with E-state index in [1.807, 2.05) is 19.1 Å². The molecule has 1 heterocycles. The molecular weight excluding hydrogens is 276 g/mol. The fourth-order valence-electron chi connectivity index (χ4n) is 2.15. The quantitative estimate of drug-likeness (QED) is 0.723. The Morgan fingerprint density at radius 2 is 2.05 bits per heavy atom. The number of ether oxygens (including phenoxy) is 1. The van der Waals surface area contributed by atoms with E-state index < -0.39 is 0 Å². The van der Waals surface area contributed by atoms with Gasteiger partial charge in [-0.05, 0) is 42.8 Å². The van der Waals surface area contributed by atoms with E-state index in [-0.39, 0.29) is 0 Å². The lowest BCUT2D eigenvalue weighted by molar-refractivity contribution is 0.417. The summed E-state index contributed by atoms with van der Waals surface area (Å²) in [7, 11) is 1.58. The van der Waals surface area contributed by atoms with Crippen molar-refractivity contribution < 1.29 is 9.15 Å². The van der Waals surface area contributed by atoms with Gasteiger partial charge in [0.2, 0.25) is 5.89 Å². The number of fused-ring (bicyclic) bond motifs is 1. The molecule has 0 bridgehead atoms. The summed E-state index contributed by atoms with van der Waals surface area (Å²) >= 11 is 6.03. The van der Waals surface area contributed by atoms with E-state index in [0.717, 1.165) is 22.2 Å². The maximum atomic E-state index is 6.03. The summed E-state index contributed by atoms with van der Waals surface area (Å²) in [6.45, 7) is 1.94. The van der Waals surface area contributed by atoms with Crippen LogP contribution in [0.4, 0.5) is 5.69 Å². The number of rotatable bonds is 2. The second-order valence-electron chi connectivity index (χ2n) is 4.55. The van der Waals surface area contributed by atoms with Gasteiger partial charge in [0.15, 0.2) is 5.58 Å². The molecule has 0 amide bonds. The first-order chi connectivity index (χ1) is 9.58. The molecule has 0 fully saturated rings. The molecule has 4 nitrogen and oxygen atoms in total. The number of hydrogen-bond acceptors (Lipinski definition) is 4. The molecule has 0 spiro atoms. The van der Waals surface area contributed by atoms with Gasteiger partial charge in [-0.3, -0.25) is 0 Å². The first kappa shape index (κ1) is 12.8. The second kappa shape index (κ2) is 4.72. The molecule has 0 atom stereocenters. The molecule has 0 aliphatic heterocycles. The Labute approximate surface area is 121 Å². The van der Waals surface area contributed by atoms with Crippen molar-refractivity contribution in [1.29, 1.82) is 0 Å². The molecule has 102 valence electrons. The second-order valence-corrected chi connectivity index (χ2v) is 4.98. The zero-order chi connectivity index (χ0) is 14.3. The summed E-state index contributed by atoms with van der Waals surface area (Å²) in [5.74, 6) is 1.14. The minimum absolute atomic E-state index is 0.514. The van der Waals surface area contributed by atoms with Crippen LogP contribution in [0, 0.1) is 6.92 Å². The van der Waals surface area contributed by atoms with E-state index in [1.165, 1.54) is 0 Å². The van der Waals surface area contributed by atoms with Crippen LogP contribution in [-0.4, -0.2) is 12.1 Å². The number of aryl methyl sites for hydroxylation is 1. The van der Waals surface area contributed by atoms with Crippen LogP contribution in [0.5, 0.6) is 5.75 Å². The molecule has 0 saturated carbocycles. The topological polar surface area (TPSA) is 61.3 Å². The van der Waals surface area contributed by atoms with Gasteiger partial charge in [-0.15, -0.1) is 0 Å². The fraction of sp³-hybridized carbons (Fsp3) is 0.133. The van der Waals surface area contributed by atoms with Crippen LogP contribution in [0.25, 0.3) is 22.6 Å². The summed E-state index contributed by atoms with van der Waals surface area (Å²) < 4.78 is 10.9. The van der Waals surface area contributed by atoms with Gasteiger partial charge < -0.3 is 14.9 Å². The van der Waals surface area contributed by atoms with Crippen LogP contribution in [0.2, 0.25) is 5.02 Å². The van der Waals surface area contributed by atoms with Crippen molar-refractivity contribution in [1.82, 2.24) is 4.98 Å². The highest BCUT2D eigenvalue weighted by Gasteiger charge is 2.12. The van der Waals surface area contributed by atoms with E-state index in [0.29, 0.717) is 22.4 Å². The SMILES string of the molecule is COc1ccc(-c2nc3cc(Cl)cc(C)c3o2)cc1N. The Morgan fingerprint density at radius 1 is 1.25 bits per heavy atom. The molecule has 3 aromatic rings. The zero-order valence-electron chi connectivity index (χ0n) is 11.1. The number of nitrogens with zero attached hydrogens (tertiary/aromatic N) is 1. The molecule has 2 N–H and O–H groups in total. The Hall–Kier alpha value is -2.20. The molecule has 0 unspecified atom stereocenters. The lowest BCUT2D eigenvalue weighted by atomic mass is 10.2. The molecule has 0 aliphatic rings. The maximum Gasteiger partial charge on any atom is 0.227 e. The third-order valence-electron chi connectivity index (χ3n) is 3.12. The van der Waals surface area contributed by atoms with Crippen LogP contribution < -0.4 is 10.5 Å². The number of methoxy groups -OCH3 is 1. The summed E-state index contributed by atoms with van der Waals surface area (Å²) in [5, 5.41) is 0.643. The Morgan fingerprint density at radius 3 is 2.75 bits per heavy atom. The van der Waals surface area contributed by atoms with Crippen molar-refractivity contribution >= 4 is 28.4 Å². The molecule has 0 saturated heterocycles. The maximum absolute atomic E-state index is 6.03. The Bertz CT molecular complexity index is 796. The van der Waals surface area contributed by atoms with Gasteiger partial charge in [0.1, 0.15) is 11.3 Å². The Kier molecular flexibility index (Phi) is 3.03. The normalized spacial score (nSPS) is 10.9. The minimum Gasteiger partial charge on any atom is -0.495 e. The van der Waals surface area contributed by atoms with Crippen molar-refractivity contribution in [2.45, 2.75) is 6.92 Å². The Balaban J connectivity index is 2.15. The van der Waals surface area contributed by atoms with Crippen molar-refractivity contribution in [3.8, 4) is 17.2 Å². The van der Waals surface area contributed by atoms with Gasteiger partial charge in [-0.25, -0.2) is 4.98 Å². The predicted molar refractivity (Wildman–Crippen MR) is 80.2 cm³/mol. The van der Waals surface area contributed by atoms with Gasteiger partial charge in [-0.2, -0.15) is 0 Å². The third-order valence-corrected chi connectivity index (χ3v) is 3.34. The summed E-state index contributed by atoms with van der Waals surface area (Å²) in [6, 6.07) is 9.06. The summed E-state index contributed by atoms with van der Waals surface area (Å²) in [6.07, 6.45) is 0. The number of nitrogen functional groups attached to an aromatic ring is 1. The first-order valence-electron chi connectivity index (χ1n) is 6.09. The highest BCUT2D eigenvalue weighted by molar-refractivity contribution is 6.31. The third kappa shape index (κ3) is 2.08. The first-order valence-corrected chi connectivity index (χ1v) is 6.47. The average molecular weight is 289 g/mol. The molecule has 20 heavy (non-hydrogen) atoms. The number of oxazole rings is 1. The number of benzene rings is 2. The lowest BCUT2D eigenvalue weighted by Gasteiger charge is -2.04. The number of aromatic nitrogens is 1. The van der Waals surface area contributed by atoms with Crippen molar-refractivity contribution in [3.05, 3.63) is 40.9 Å². The van der Waals surface area contributed by atoms with E-state index >= 15 is 0 Å². The number of nitrogens with two attached hydrogens (primary N) is 1. The van der Waals surface area contributed by atoms with E-state index in [4.69, 9.17) is 26.5 Å². The monoisotopic (exact) mass is 288 g/mol. The number of hydrogen-bond donors (Lipinski definition) is 1. The van der Waals surface area contributed by atoms with Crippen LogP contribution in [0.1, 0.15) is 5.56 Å². The van der Waals surface area contributed by atoms with E-state index in [2.05, 4.69) is 4.98 Å². The van der Waals surface area contributed by atoms with Crippen LogP contribution >= 0.6 is 11.6 Å². The lowest BCUT2D eigenvalue weighted by Crippen LogP contribution is -1.92. The molecular formula is C15H13ClN2O2. The number of halogens is 1. The van der Waals surface area contributed by atoms with Crippen molar-refractivity contribution in [3.63, 3.8) is 0 Å². The summed E-state index contributed by atoms with van der Waals surface area (Å²) in [4.78, 5) is 4.45. The standard InChI is InChI=1S/C15H13ClN2O2/c1-8-5-10(16)7-12-14(8)20-15(18-12)9-3-4-13(19-2)11(17)6-9/h3-7H,17H2,1-2H3. The molecule has 5 heteroatoms. The van der Waals surface area contributed by atoms with Crippen molar-refractivity contribution in [2.24, 2.45) is 0 Å². The van der Waals surface area contributed by atoms with E-state index in [9.17, 15) is 0 Å². The van der Waals surface area contributed by atoms with Crippen LogP contribution in [0.3, 0.4) is 0 Å². The molecule has 3 rings (SSSR count). The molecule has 2 aromatic carbocycles. The minimum atomic E-state index is 0.514.